The summed E-state index contributed by atoms with van der Waals surface area (Å²) in [6.45, 7) is 4.48. The van der Waals surface area contributed by atoms with Gasteiger partial charge in [-0.2, -0.15) is 0 Å². The van der Waals surface area contributed by atoms with Gasteiger partial charge in [-0.3, -0.25) is 4.79 Å². The normalized spacial score (nSPS) is 52.2. The van der Waals surface area contributed by atoms with Crippen molar-refractivity contribution in [1.29, 1.82) is 0 Å². The van der Waals surface area contributed by atoms with E-state index in [1.165, 1.54) is 12.0 Å². The molecule has 4 heteroatoms. The molecule has 140 valence electrons. The van der Waals surface area contributed by atoms with Gasteiger partial charge in [0, 0.05) is 22.1 Å². The Morgan fingerprint density at radius 1 is 1.28 bits per heavy atom. The smallest absolute Gasteiger partial charge is 0.155 e. The zero-order chi connectivity index (χ0) is 18.0. The molecule has 3 fully saturated rings. The van der Waals surface area contributed by atoms with Crippen molar-refractivity contribution < 1.29 is 9.90 Å². The highest BCUT2D eigenvalue weighted by Crippen LogP contribution is 2.69. The fraction of sp³-hybridized carbons (Fsp3) is 0.857. The molecule has 0 bridgehead atoms. The molecule has 4 aliphatic carbocycles. The van der Waals surface area contributed by atoms with E-state index in [0.29, 0.717) is 41.8 Å². The predicted octanol–water partition coefficient (Wildman–Crippen LogP) is 5.15. The van der Waals surface area contributed by atoms with E-state index in [9.17, 15) is 9.90 Å². The van der Waals surface area contributed by atoms with Crippen LogP contribution in [-0.4, -0.2) is 26.8 Å². The fourth-order valence-electron chi connectivity index (χ4n) is 7.41. The summed E-state index contributed by atoms with van der Waals surface area (Å²) in [5.41, 5.74) is 0.999. The second kappa shape index (κ2) is 6.20. The van der Waals surface area contributed by atoms with Gasteiger partial charge in [0.1, 0.15) is 0 Å². The average molecular weight is 477 g/mol. The molecular weight excluding hydrogens is 447 g/mol. The van der Waals surface area contributed by atoms with Crippen LogP contribution in [0, 0.1) is 34.5 Å². The number of halogens is 2. The maximum absolute atomic E-state index is 12.0. The molecule has 1 N–H and O–H groups in total. The lowest BCUT2D eigenvalue weighted by Crippen LogP contribution is -2.59. The van der Waals surface area contributed by atoms with Crippen LogP contribution >= 0.6 is 34.2 Å². The van der Waals surface area contributed by atoms with Crippen LogP contribution in [0.3, 0.4) is 0 Å². The highest BCUT2D eigenvalue weighted by atomic mass is 127. The Morgan fingerprint density at radius 2 is 2.04 bits per heavy atom. The van der Waals surface area contributed by atoms with Crippen LogP contribution < -0.4 is 0 Å². The molecule has 0 aliphatic heterocycles. The number of hydrogen-bond donors (Lipinski definition) is 1. The standard InChI is InChI=1S/C21H30ClIO2/c1-19-7-5-15(24)9-14(19)3-4-16-17-6-8-20(2,25)21(17,12-23)10-13(11-22)18(16)19/h9,13,16-18,25H,3-8,10-12H2,1-2H3/t13-,16+,17+,18+,19+,20+,21-/m1/s1. The van der Waals surface area contributed by atoms with Gasteiger partial charge in [0.15, 0.2) is 5.78 Å². The summed E-state index contributed by atoms with van der Waals surface area (Å²) in [5.74, 6) is 3.28. The Morgan fingerprint density at radius 3 is 2.72 bits per heavy atom. The maximum Gasteiger partial charge on any atom is 0.155 e. The van der Waals surface area contributed by atoms with Crippen molar-refractivity contribution in [1.82, 2.24) is 0 Å². The van der Waals surface area contributed by atoms with Gasteiger partial charge in [0.2, 0.25) is 0 Å². The first-order chi connectivity index (χ1) is 11.8. The monoisotopic (exact) mass is 476 g/mol. The molecule has 0 amide bonds. The molecule has 25 heavy (non-hydrogen) atoms. The minimum Gasteiger partial charge on any atom is -0.390 e. The molecule has 4 aliphatic rings. The SMILES string of the molecule is C[C@]12CCC(=O)C=C1CC[C@@H]1[C@@H]2[C@@H](CCl)C[C@@]2(CI)[C@H]1CC[C@]2(C)O. The van der Waals surface area contributed by atoms with E-state index < -0.39 is 5.60 Å². The molecule has 0 aromatic carbocycles. The molecule has 0 saturated heterocycles. The van der Waals surface area contributed by atoms with Crippen LogP contribution in [0.4, 0.5) is 0 Å². The number of carbonyl (C=O) groups is 1. The summed E-state index contributed by atoms with van der Waals surface area (Å²) in [6, 6.07) is 0. The van der Waals surface area contributed by atoms with Gasteiger partial charge in [-0.1, -0.05) is 35.1 Å². The number of rotatable bonds is 2. The van der Waals surface area contributed by atoms with Gasteiger partial charge < -0.3 is 5.11 Å². The molecule has 7 atom stereocenters. The third-order valence-electron chi connectivity index (χ3n) is 8.72. The lowest BCUT2D eigenvalue weighted by Gasteiger charge is -2.62. The van der Waals surface area contributed by atoms with Crippen LogP contribution in [-0.2, 0) is 4.79 Å². The molecule has 0 unspecified atom stereocenters. The molecule has 0 aromatic rings. The van der Waals surface area contributed by atoms with Crippen molar-refractivity contribution in [2.24, 2.45) is 34.5 Å². The number of ketones is 1. The molecule has 0 spiro atoms. The summed E-state index contributed by atoms with van der Waals surface area (Å²) in [5, 5.41) is 11.3. The second-order valence-electron chi connectivity index (χ2n) is 9.61. The van der Waals surface area contributed by atoms with Crippen LogP contribution in [0.2, 0.25) is 0 Å². The number of carbonyl (C=O) groups excluding carboxylic acids is 1. The lowest BCUT2D eigenvalue weighted by atomic mass is 9.44. The van der Waals surface area contributed by atoms with E-state index in [0.717, 1.165) is 36.5 Å². The second-order valence-corrected chi connectivity index (χ2v) is 10.7. The highest BCUT2D eigenvalue weighted by molar-refractivity contribution is 14.1. The summed E-state index contributed by atoms with van der Waals surface area (Å²) in [7, 11) is 0. The number of fused-ring (bicyclic) bond motifs is 5. The van der Waals surface area contributed by atoms with Gasteiger partial charge >= 0.3 is 0 Å². The van der Waals surface area contributed by atoms with Crippen molar-refractivity contribution in [3.05, 3.63) is 11.6 Å². The molecule has 0 aromatic heterocycles. The number of aliphatic hydroxyl groups is 1. The maximum atomic E-state index is 12.0. The van der Waals surface area contributed by atoms with Crippen LogP contribution in [0.15, 0.2) is 11.6 Å². The van der Waals surface area contributed by atoms with E-state index in [1.54, 1.807) is 0 Å². The zero-order valence-electron chi connectivity index (χ0n) is 15.4. The third kappa shape index (κ3) is 2.47. The third-order valence-corrected chi connectivity index (χ3v) is 10.5. The number of allylic oxidation sites excluding steroid dienone is 1. The Balaban J connectivity index is 1.78. The van der Waals surface area contributed by atoms with Crippen LogP contribution in [0.5, 0.6) is 0 Å². The molecule has 4 rings (SSSR count). The Bertz CT molecular complexity index is 615. The van der Waals surface area contributed by atoms with Crippen molar-refractivity contribution in [2.45, 2.75) is 64.4 Å². The Labute approximate surface area is 170 Å². The van der Waals surface area contributed by atoms with Gasteiger partial charge in [-0.05, 0) is 80.6 Å². The van der Waals surface area contributed by atoms with E-state index in [-0.39, 0.29) is 10.8 Å². The van der Waals surface area contributed by atoms with E-state index in [4.69, 9.17) is 11.6 Å². The summed E-state index contributed by atoms with van der Waals surface area (Å²) in [4.78, 5) is 12.0. The summed E-state index contributed by atoms with van der Waals surface area (Å²) < 4.78 is 1.02. The molecule has 0 radical (unpaired) electrons. The predicted molar refractivity (Wildman–Crippen MR) is 110 cm³/mol. The van der Waals surface area contributed by atoms with Crippen molar-refractivity contribution >= 4 is 40.0 Å². The van der Waals surface area contributed by atoms with E-state index >= 15 is 0 Å². The van der Waals surface area contributed by atoms with Gasteiger partial charge in [0.05, 0.1) is 5.60 Å². The highest BCUT2D eigenvalue weighted by Gasteiger charge is 2.66. The first kappa shape index (κ1) is 18.7. The topological polar surface area (TPSA) is 37.3 Å². The largest absolute Gasteiger partial charge is 0.390 e. The molecular formula is C21H30ClIO2. The number of alkyl halides is 2. The quantitative estimate of drug-likeness (QED) is 0.442. The van der Waals surface area contributed by atoms with Gasteiger partial charge in [-0.25, -0.2) is 0 Å². The van der Waals surface area contributed by atoms with Crippen molar-refractivity contribution in [3.8, 4) is 0 Å². The Hall–Kier alpha value is 0.390. The zero-order valence-corrected chi connectivity index (χ0v) is 18.3. The molecule has 2 nitrogen and oxygen atoms in total. The average Bonchev–Trinajstić information content (AvgIpc) is 2.86. The first-order valence-corrected chi connectivity index (χ1v) is 11.9. The van der Waals surface area contributed by atoms with Crippen molar-refractivity contribution in [2.75, 3.05) is 10.3 Å². The lowest BCUT2D eigenvalue weighted by molar-refractivity contribution is -0.136. The van der Waals surface area contributed by atoms with Crippen LogP contribution in [0.25, 0.3) is 0 Å². The summed E-state index contributed by atoms with van der Waals surface area (Å²) in [6.07, 6.45) is 9.02. The Kier molecular flexibility index (Phi) is 4.65. The minimum atomic E-state index is -0.562. The first-order valence-electron chi connectivity index (χ1n) is 9.87. The van der Waals surface area contributed by atoms with E-state index in [1.807, 2.05) is 6.08 Å². The molecule has 0 heterocycles. The minimum absolute atomic E-state index is 0.0242. The van der Waals surface area contributed by atoms with Crippen molar-refractivity contribution in [3.63, 3.8) is 0 Å². The number of hydrogen-bond acceptors (Lipinski definition) is 2. The fourth-order valence-corrected chi connectivity index (χ4v) is 9.41. The van der Waals surface area contributed by atoms with Gasteiger partial charge in [0.25, 0.3) is 0 Å². The van der Waals surface area contributed by atoms with Crippen LogP contribution in [0.1, 0.15) is 58.8 Å². The summed E-state index contributed by atoms with van der Waals surface area (Å²) >= 11 is 9.07. The van der Waals surface area contributed by atoms with E-state index in [2.05, 4.69) is 36.4 Å². The molecule has 3 saturated carbocycles. The van der Waals surface area contributed by atoms with Gasteiger partial charge in [-0.15, -0.1) is 11.6 Å².